The van der Waals surface area contributed by atoms with Crippen molar-refractivity contribution < 1.29 is 14.5 Å². The highest BCUT2D eigenvalue weighted by atomic mass is 16.7. The summed E-state index contributed by atoms with van der Waals surface area (Å²) in [4.78, 5) is 23.2. The quantitative estimate of drug-likeness (QED) is 0.484. The molecule has 0 aromatic rings. The van der Waals surface area contributed by atoms with Gasteiger partial charge in [-0.3, -0.25) is 0 Å². The van der Waals surface area contributed by atoms with Crippen LogP contribution in [0.25, 0.3) is 0 Å². The van der Waals surface area contributed by atoms with Gasteiger partial charge in [0.15, 0.2) is 0 Å². The first kappa shape index (κ1) is 9.03. The zero-order chi connectivity index (χ0) is 9.83. The third-order valence-electron chi connectivity index (χ3n) is 3.61. The molecule has 0 N–H and O–H groups in total. The Balaban J connectivity index is 1.70. The summed E-state index contributed by atoms with van der Waals surface area (Å²) in [6.07, 6.45) is 3.09. The third kappa shape index (κ3) is 1.13. The molecule has 0 unspecified atom stereocenters. The molecule has 0 bridgehead atoms. The molecule has 4 heterocycles. The molecule has 0 atom stereocenters. The first-order valence-electron chi connectivity index (χ1n) is 5.69. The van der Waals surface area contributed by atoms with Gasteiger partial charge in [-0.15, -0.1) is 0 Å². The van der Waals surface area contributed by atoms with Crippen molar-refractivity contribution in [3.8, 4) is 0 Å². The van der Waals surface area contributed by atoms with E-state index in [1.165, 1.54) is 0 Å². The van der Waals surface area contributed by atoms with Gasteiger partial charge in [0.2, 0.25) is 0 Å². The van der Waals surface area contributed by atoms with E-state index in [9.17, 15) is 0 Å². The molecule has 0 spiro atoms. The highest BCUT2D eigenvalue weighted by Crippen LogP contribution is 2.34. The van der Waals surface area contributed by atoms with E-state index in [1.807, 2.05) is 0 Å². The van der Waals surface area contributed by atoms with Crippen LogP contribution in [0.3, 0.4) is 0 Å². The summed E-state index contributed by atoms with van der Waals surface area (Å²) in [5.74, 6) is 0. The smallest absolute Gasteiger partial charge is 0.320 e. The predicted molar refractivity (Wildman–Crippen MR) is 55.1 cm³/mol. The van der Waals surface area contributed by atoms with E-state index in [0.717, 1.165) is 38.8 Å². The van der Waals surface area contributed by atoms with Crippen LogP contribution in [0.5, 0.6) is 0 Å². The molecule has 0 radical (unpaired) electrons. The lowest BCUT2D eigenvalue weighted by atomic mass is 9.46. The summed E-state index contributed by atoms with van der Waals surface area (Å²) in [5, 5.41) is 0. The summed E-state index contributed by atoms with van der Waals surface area (Å²) in [6.45, 7) is 3.26. The Morgan fingerprint density at radius 3 is 1.27 bits per heavy atom. The molecule has 4 saturated heterocycles. The topological polar surface area (TPSA) is 37.4 Å². The van der Waals surface area contributed by atoms with Crippen LogP contribution in [0.4, 0.5) is 0 Å². The van der Waals surface area contributed by atoms with Crippen molar-refractivity contribution in [3.63, 3.8) is 0 Å². The van der Waals surface area contributed by atoms with Crippen LogP contribution in [-0.2, 0) is 14.5 Å². The van der Waals surface area contributed by atoms with Crippen LogP contribution in [0, 0.1) is 0 Å². The first-order valence-corrected chi connectivity index (χ1v) is 5.69. The summed E-state index contributed by atoms with van der Waals surface area (Å²) in [6, 6.07) is 0. The molecule has 78 valence electrons. The largest absolute Gasteiger partial charge is 0.342 e. The lowest BCUT2D eigenvalue weighted by molar-refractivity contribution is -0.0800. The molecular weight excluding hydrogens is 195 g/mol. The van der Waals surface area contributed by atoms with Crippen LogP contribution in [0.1, 0.15) is 0 Å². The maximum Gasteiger partial charge on any atom is 0.342 e. The number of rotatable bonds is 0. The molecule has 9 heteroatoms. The Kier molecular flexibility index (Phi) is 1.94. The first-order chi connectivity index (χ1) is 7.45. The van der Waals surface area contributed by atoms with Gasteiger partial charge in [-0.2, -0.15) is 0 Å². The second-order valence-electron chi connectivity index (χ2n) is 4.39. The number of hydrogen-bond acceptors (Lipinski definition) is 6. The van der Waals surface area contributed by atoms with Crippen LogP contribution in [0.2, 0.25) is 19.0 Å². The summed E-state index contributed by atoms with van der Waals surface area (Å²) in [5.41, 5.74) is 0. The SMILES string of the molecule is C1CB2N(O1)B1CCON1B1CCON21. The highest BCUT2D eigenvalue weighted by molar-refractivity contribution is 6.85. The Labute approximate surface area is 89.6 Å². The lowest BCUT2D eigenvalue weighted by Crippen LogP contribution is -2.71. The molecule has 0 aromatic heterocycles. The Morgan fingerprint density at radius 1 is 0.600 bits per heavy atom. The minimum Gasteiger partial charge on any atom is -0.320 e. The molecule has 4 rings (SSSR count). The zero-order valence-corrected chi connectivity index (χ0v) is 8.54. The maximum atomic E-state index is 5.67. The zero-order valence-electron chi connectivity index (χ0n) is 8.54. The van der Waals surface area contributed by atoms with Gasteiger partial charge in [0.25, 0.3) is 0 Å². The fourth-order valence-electron chi connectivity index (χ4n) is 3.00. The van der Waals surface area contributed by atoms with Gasteiger partial charge in [-0.05, 0) is 19.0 Å². The van der Waals surface area contributed by atoms with Crippen molar-refractivity contribution in [2.75, 3.05) is 19.8 Å². The second-order valence-corrected chi connectivity index (χ2v) is 4.39. The Bertz CT molecular complexity index is 207. The van der Waals surface area contributed by atoms with Gasteiger partial charge < -0.3 is 14.5 Å². The minimum atomic E-state index is 0.292. The Hall–Kier alpha value is -0.0452. The molecular formula is C6H12B3N3O3. The molecule has 0 amide bonds. The fraction of sp³-hybridized carbons (Fsp3) is 1.00. The monoisotopic (exact) mass is 207 g/mol. The van der Waals surface area contributed by atoms with Gasteiger partial charge in [-0.25, -0.2) is 14.7 Å². The maximum absolute atomic E-state index is 5.67. The van der Waals surface area contributed by atoms with E-state index in [0.29, 0.717) is 20.9 Å². The van der Waals surface area contributed by atoms with Crippen molar-refractivity contribution in [3.05, 3.63) is 0 Å². The van der Waals surface area contributed by atoms with Crippen molar-refractivity contribution in [1.29, 1.82) is 0 Å². The summed E-state index contributed by atoms with van der Waals surface area (Å²) >= 11 is 0. The van der Waals surface area contributed by atoms with Crippen molar-refractivity contribution >= 4 is 20.9 Å². The third-order valence-corrected chi connectivity index (χ3v) is 3.61. The average molecular weight is 207 g/mol. The average Bonchev–Trinajstić information content (AvgIpc) is 2.97. The van der Waals surface area contributed by atoms with Crippen LogP contribution in [-0.4, -0.2) is 55.4 Å². The predicted octanol–water partition coefficient (Wildman–Crippen LogP) is -0.794. The number of hydrogen-bond donors (Lipinski definition) is 0. The summed E-state index contributed by atoms with van der Waals surface area (Å²) < 4.78 is 0. The van der Waals surface area contributed by atoms with Gasteiger partial charge in [0, 0.05) is 0 Å². The minimum absolute atomic E-state index is 0.292. The lowest BCUT2D eigenvalue weighted by Gasteiger charge is -2.42. The van der Waals surface area contributed by atoms with Crippen molar-refractivity contribution in [1.82, 2.24) is 14.7 Å². The molecule has 15 heavy (non-hydrogen) atoms. The van der Waals surface area contributed by atoms with E-state index in [1.54, 1.807) is 0 Å². The van der Waals surface area contributed by atoms with E-state index in [-0.39, 0.29) is 0 Å². The normalized spacial score (nSPS) is 32.4. The van der Waals surface area contributed by atoms with Gasteiger partial charge in [0.05, 0.1) is 19.8 Å². The molecule has 4 aliphatic rings. The molecule has 0 aliphatic carbocycles. The van der Waals surface area contributed by atoms with E-state index < -0.39 is 0 Å². The van der Waals surface area contributed by atoms with E-state index >= 15 is 0 Å². The van der Waals surface area contributed by atoms with Gasteiger partial charge in [0.1, 0.15) is 0 Å². The van der Waals surface area contributed by atoms with Gasteiger partial charge >= 0.3 is 20.9 Å². The van der Waals surface area contributed by atoms with E-state index in [2.05, 4.69) is 14.7 Å². The molecule has 4 fully saturated rings. The molecule has 0 aromatic carbocycles. The molecule has 0 saturated carbocycles. The Morgan fingerprint density at radius 2 is 0.933 bits per heavy atom. The van der Waals surface area contributed by atoms with E-state index in [4.69, 9.17) is 14.5 Å². The molecule has 6 nitrogen and oxygen atoms in total. The van der Waals surface area contributed by atoms with Crippen LogP contribution in [0.15, 0.2) is 0 Å². The van der Waals surface area contributed by atoms with Crippen LogP contribution >= 0.6 is 0 Å². The van der Waals surface area contributed by atoms with Crippen molar-refractivity contribution in [2.45, 2.75) is 19.0 Å². The molecule has 4 aliphatic heterocycles. The van der Waals surface area contributed by atoms with Crippen molar-refractivity contribution in [2.24, 2.45) is 0 Å². The standard InChI is InChI=1S/C6H12B3N3O3/c1-4-13-10-7(1)11-9(2-5-14-11)12-8(10)3-6-15-12/h1-6H2. The highest BCUT2D eigenvalue weighted by Gasteiger charge is 2.60. The fourth-order valence-corrected chi connectivity index (χ4v) is 3.00. The second kappa shape index (κ2) is 3.22. The number of fused-ring (bicyclic) bond motifs is 6. The van der Waals surface area contributed by atoms with Gasteiger partial charge in [-0.1, -0.05) is 0 Å². The summed E-state index contributed by atoms with van der Waals surface area (Å²) in [7, 11) is 0. The van der Waals surface area contributed by atoms with Crippen LogP contribution < -0.4 is 0 Å². The number of nitrogens with zero attached hydrogens (tertiary/aromatic N) is 3.